The maximum absolute atomic E-state index is 9.26. The average Bonchev–Trinajstić information content (AvgIpc) is 1.41. The maximum atomic E-state index is 9.26. The second-order valence-corrected chi connectivity index (χ2v) is 0.575. The van der Waals surface area contributed by atoms with Crippen molar-refractivity contribution in [2.75, 3.05) is 6.54 Å². The summed E-state index contributed by atoms with van der Waals surface area (Å²) in [6.45, 7) is 0.236. The Kier molecular flexibility index (Phi) is 3.30. The predicted octanol–water partition coefficient (Wildman–Crippen LogP) is -1.35. The van der Waals surface area contributed by atoms with E-state index in [1.54, 1.807) is 0 Å². The highest BCUT2D eigenvalue weighted by Gasteiger charge is 1.62. The zero-order chi connectivity index (χ0) is 4.12. The smallest absolute Gasteiger partial charge is 0.135 e. The van der Waals surface area contributed by atoms with Crippen LogP contribution in [-0.2, 0) is 4.79 Å². The van der Waals surface area contributed by atoms with Gasteiger partial charge in [-0.05, 0) is 0 Å². The monoisotopic (exact) mass is 74.0 g/mol. The Balaban J connectivity index is 2.40. The molecule has 0 atom stereocenters. The maximum Gasteiger partial charge on any atom is 0.135 e. The van der Waals surface area contributed by atoms with E-state index in [0.29, 0.717) is 6.29 Å². The molecule has 0 aliphatic carbocycles. The van der Waals surface area contributed by atoms with Gasteiger partial charge in [-0.25, -0.2) is 0 Å². The van der Waals surface area contributed by atoms with Crippen LogP contribution in [0.15, 0.2) is 0 Å². The van der Waals surface area contributed by atoms with Crippen molar-refractivity contribution in [2.45, 2.75) is 0 Å². The predicted molar refractivity (Wildman–Crippen MR) is 18.3 cm³/mol. The lowest BCUT2D eigenvalue weighted by Gasteiger charge is -1.76. The molecule has 0 aromatic heterocycles. The largest absolute Gasteiger partial charge is 0.302 e. The van der Waals surface area contributed by atoms with Gasteiger partial charge in [-0.1, -0.05) is 0 Å². The lowest BCUT2D eigenvalue weighted by molar-refractivity contribution is -0.107. The van der Waals surface area contributed by atoms with Crippen molar-refractivity contribution in [3.8, 4) is 0 Å². The Morgan fingerprint density at radius 1 is 2.00 bits per heavy atom. The van der Waals surface area contributed by atoms with E-state index in [-0.39, 0.29) is 6.54 Å². The molecule has 30 valence electrons. The molecule has 0 rings (SSSR count). The first-order valence-electron chi connectivity index (χ1n) is 1.29. The lowest BCUT2D eigenvalue weighted by Crippen LogP contribution is -2.23. The molecule has 0 saturated carbocycles. The van der Waals surface area contributed by atoms with E-state index in [9.17, 15) is 4.79 Å². The van der Waals surface area contributed by atoms with Crippen molar-refractivity contribution < 1.29 is 4.79 Å². The van der Waals surface area contributed by atoms with Gasteiger partial charge in [0.25, 0.3) is 0 Å². The molecule has 5 heavy (non-hydrogen) atoms. The normalized spacial score (nSPS) is 7.40. The first-order chi connectivity index (χ1) is 2.41. The minimum atomic E-state index is 0.236. The van der Waals surface area contributed by atoms with Crippen LogP contribution in [0, 0.1) is 0 Å². The summed E-state index contributed by atoms with van der Waals surface area (Å²) in [5.41, 5.74) is 2.15. The van der Waals surface area contributed by atoms with E-state index in [0.717, 1.165) is 0 Å². The van der Waals surface area contributed by atoms with E-state index in [1.165, 1.54) is 0 Å². The van der Waals surface area contributed by atoms with Crippen LogP contribution < -0.4 is 11.3 Å². The lowest BCUT2D eigenvalue weighted by atomic mass is 10.8. The first-order valence-corrected chi connectivity index (χ1v) is 1.29. The molecule has 0 unspecified atom stereocenters. The van der Waals surface area contributed by atoms with Crippen molar-refractivity contribution in [1.82, 2.24) is 5.43 Å². The molecular weight excluding hydrogens is 68.0 g/mol. The summed E-state index contributed by atoms with van der Waals surface area (Å²) >= 11 is 0. The fraction of sp³-hybridized carbons (Fsp3) is 0.500. The molecule has 0 radical (unpaired) electrons. The van der Waals surface area contributed by atoms with Crippen molar-refractivity contribution >= 4 is 6.29 Å². The highest BCUT2D eigenvalue weighted by atomic mass is 16.1. The van der Waals surface area contributed by atoms with Gasteiger partial charge in [0.1, 0.15) is 6.29 Å². The van der Waals surface area contributed by atoms with E-state index < -0.39 is 0 Å². The van der Waals surface area contributed by atoms with Crippen LogP contribution in [0.3, 0.4) is 0 Å². The van der Waals surface area contributed by atoms with Crippen LogP contribution in [0.2, 0.25) is 0 Å². The van der Waals surface area contributed by atoms with Crippen molar-refractivity contribution in [3.05, 3.63) is 0 Å². The molecule has 0 aromatic carbocycles. The van der Waals surface area contributed by atoms with Crippen LogP contribution in [0.1, 0.15) is 0 Å². The molecular formula is C2H6N2O. The Bertz CT molecular complexity index is 28.8. The van der Waals surface area contributed by atoms with E-state index in [4.69, 9.17) is 0 Å². The molecule has 0 amide bonds. The van der Waals surface area contributed by atoms with Gasteiger partial charge in [-0.3, -0.25) is 11.3 Å². The van der Waals surface area contributed by atoms with E-state index in [2.05, 4.69) is 11.3 Å². The molecule has 0 bridgehead atoms. The minimum Gasteiger partial charge on any atom is -0.302 e. The third kappa shape index (κ3) is 3.59. The number of rotatable bonds is 2. The van der Waals surface area contributed by atoms with Gasteiger partial charge in [0.15, 0.2) is 0 Å². The number of hydrogen-bond donors (Lipinski definition) is 2. The fourth-order valence-electron chi connectivity index (χ4n) is 0.0481. The molecule has 0 aliphatic heterocycles. The Morgan fingerprint density at radius 3 is 2.60 bits per heavy atom. The third-order valence-electron chi connectivity index (χ3n) is 0.201. The number of hydrazine groups is 1. The zero-order valence-electron chi connectivity index (χ0n) is 2.77. The molecule has 3 N–H and O–H groups in total. The van der Waals surface area contributed by atoms with Gasteiger partial charge >= 0.3 is 0 Å². The molecule has 0 saturated heterocycles. The second kappa shape index (κ2) is 3.59. The Morgan fingerprint density at radius 2 is 2.60 bits per heavy atom. The van der Waals surface area contributed by atoms with Gasteiger partial charge in [0.05, 0.1) is 6.54 Å². The summed E-state index contributed by atoms with van der Waals surface area (Å²) < 4.78 is 0. The van der Waals surface area contributed by atoms with Crippen LogP contribution in [0.5, 0.6) is 0 Å². The SMILES string of the molecule is NNCC=O. The Labute approximate surface area is 30.1 Å². The van der Waals surface area contributed by atoms with Crippen molar-refractivity contribution in [2.24, 2.45) is 5.84 Å². The van der Waals surface area contributed by atoms with Crippen LogP contribution in [-0.4, -0.2) is 12.8 Å². The third-order valence-corrected chi connectivity index (χ3v) is 0.201. The quantitative estimate of drug-likeness (QED) is 0.242. The topological polar surface area (TPSA) is 55.1 Å². The van der Waals surface area contributed by atoms with Crippen molar-refractivity contribution in [3.63, 3.8) is 0 Å². The molecule has 0 fully saturated rings. The molecule has 0 spiro atoms. The summed E-state index contributed by atoms with van der Waals surface area (Å²) in [6, 6.07) is 0. The number of nitrogens with one attached hydrogen (secondary N) is 1. The summed E-state index contributed by atoms with van der Waals surface area (Å²) in [4.78, 5) is 9.26. The van der Waals surface area contributed by atoms with Gasteiger partial charge in [0.2, 0.25) is 0 Å². The number of aldehydes is 1. The summed E-state index contributed by atoms with van der Waals surface area (Å²) in [7, 11) is 0. The molecule has 3 heteroatoms. The fourth-order valence-corrected chi connectivity index (χ4v) is 0.0481. The van der Waals surface area contributed by atoms with Crippen molar-refractivity contribution in [1.29, 1.82) is 0 Å². The standard InChI is InChI=1S/C2H6N2O/c3-4-1-2-5/h2,4H,1,3H2. The first kappa shape index (κ1) is 4.59. The van der Waals surface area contributed by atoms with Crippen LogP contribution >= 0.6 is 0 Å². The van der Waals surface area contributed by atoms with Gasteiger partial charge < -0.3 is 4.79 Å². The van der Waals surface area contributed by atoms with E-state index in [1.807, 2.05) is 0 Å². The molecule has 0 aromatic rings. The summed E-state index contributed by atoms with van der Waals surface area (Å²) in [6.07, 6.45) is 0.694. The van der Waals surface area contributed by atoms with Crippen LogP contribution in [0.25, 0.3) is 0 Å². The number of carbonyl (C=O) groups is 1. The molecule has 3 nitrogen and oxygen atoms in total. The molecule has 0 heterocycles. The summed E-state index contributed by atoms with van der Waals surface area (Å²) in [5, 5.41) is 0. The minimum absolute atomic E-state index is 0.236. The highest BCUT2D eigenvalue weighted by Crippen LogP contribution is 1.28. The highest BCUT2D eigenvalue weighted by molar-refractivity contribution is 5.51. The second-order valence-electron chi connectivity index (χ2n) is 0.575. The summed E-state index contributed by atoms with van der Waals surface area (Å²) in [5.74, 6) is 4.66. The Hall–Kier alpha value is -0.410. The van der Waals surface area contributed by atoms with Gasteiger partial charge in [-0.2, -0.15) is 0 Å². The van der Waals surface area contributed by atoms with Crippen LogP contribution in [0.4, 0.5) is 0 Å². The van der Waals surface area contributed by atoms with Gasteiger partial charge in [0, 0.05) is 0 Å². The average molecular weight is 74.1 g/mol. The number of hydrogen-bond acceptors (Lipinski definition) is 3. The van der Waals surface area contributed by atoms with E-state index >= 15 is 0 Å². The number of nitrogens with two attached hydrogens (primary N) is 1. The number of carbonyl (C=O) groups excluding carboxylic acids is 1. The van der Waals surface area contributed by atoms with Gasteiger partial charge in [-0.15, -0.1) is 0 Å². The molecule has 0 aliphatic rings. The zero-order valence-corrected chi connectivity index (χ0v) is 2.77.